The normalized spacial score (nSPS) is 32.0. The Balaban J connectivity index is 1.62. The average Bonchev–Trinajstić information content (AvgIpc) is 2.99. The monoisotopic (exact) mass is 636 g/mol. The number of hydrogen-bond donors (Lipinski definition) is 9. The van der Waals surface area contributed by atoms with Crippen molar-refractivity contribution in [2.45, 2.75) is 68.1 Å². The van der Waals surface area contributed by atoms with Crippen molar-refractivity contribution in [2.24, 2.45) is 0 Å². The van der Waals surface area contributed by atoms with E-state index in [1.807, 2.05) is 0 Å². The first-order valence-corrected chi connectivity index (χ1v) is 13.7. The van der Waals surface area contributed by atoms with E-state index in [1.165, 1.54) is 24.3 Å². The molecule has 0 radical (unpaired) electrons. The Morgan fingerprint density at radius 2 is 1.51 bits per heavy atom. The van der Waals surface area contributed by atoms with E-state index in [0.29, 0.717) is 5.56 Å². The molecule has 3 heterocycles. The molecule has 2 saturated heterocycles. The first kappa shape index (κ1) is 32.6. The Hall–Kier alpha value is -3.84. The fourth-order valence-electron chi connectivity index (χ4n) is 5.36. The van der Waals surface area contributed by atoms with Crippen LogP contribution in [0, 0.1) is 0 Å². The number of aromatic hydroxyl groups is 3. The van der Waals surface area contributed by atoms with Gasteiger partial charge in [0.2, 0.25) is 0 Å². The van der Waals surface area contributed by atoms with E-state index in [1.54, 1.807) is 0 Å². The van der Waals surface area contributed by atoms with Crippen LogP contribution in [0.15, 0.2) is 45.6 Å². The van der Waals surface area contributed by atoms with Gasteiger partial charge in [-0.15, -0.1) is 0 Å². The average molecular weight is 637 g/mol. The van der Waals surface area contributed by atoms with Crippen LogP contribution in [-0.4, -0.2) is 120 Å². The van der Waals surface area contributed by atoms with Crippen LogP contribution >= 0.6 is 0 Å². The maximum atomic E-state index is 13.2. The number of phenolic OH excluding ortho intramolecular Hbond substituents is 3. The molecule has 10 unspecified atom stereocenters. The van der Waals surface area contributed by atoms with Crippen molar-refractivity contribution in [3.05, 3.63) is 52.2 Å². The quantitative estimate of drug-likeness (QED) is 0.133. The number of aliphatic hydroxyl groups is 6. The third kappa shape index (κ3) is 6.19. The molecule has 2 aliphatic rings. The molecule has 0 amide bonds. The van der Waals surface area contributed by atoms with Crippen molar-refractivity contribution >= 4 is 16.9 Å². The van der Waals surface area contributed by atoms with Gasteiger partial charge in [0.25, 0.3) is 0 Å². The molecule has 5 rings (SSSR count). The molecular formula is C29H32O16. The van der Waals surface area contributed by atoms with E-state index in [0.717, 1.165) is 19.1 Å². The van der Waals surface area contributed by atoms with Gasteiger partial charge in [0, 0.05) is 24.6 Å². The molecular weight excluding hydrogens is 604 g/mol. The Bertz CT molecular complexity index is 1590. The lowest BCUT2D eigenvalue weighted by Gasteiger charge is -2.46. The van der Waals surface area contributed by atoms with E-state index in [4.69, 9.17) is 23.4 Å². The maximum Gasteiger partial charge on any atom is 0.302 e. The van der Waals surface area contributed by atoms with Gasteiger partial charge in [0.15, 0.2) is 17.3 Å². The summed E-state index contributed by atoms with van der Waals surface area (Å²) in [6.45, 7) is -0.302. The van der Waals surface area contributed by atoms with Crippen molar-refractivity contribution in [3.8, 4) is 28.6 Å². The Morgan fingerprint density at radius 1 is 0.844 bits per heavy atom. The van der Waals surface area contributed by atoms with Crippen molar-refractivity contribution in [3.63, 3.8) is 0 Å². The van der Waals surface area contributed by atoms with Gasteiger partial charge in [0.05, 0.1) is 12.2 Å². The summed E-state index contributed by atoms with van der Waals surface area (Å²) < 4.78 is 28.0. The molecule has 3 aromatic rings. The van der Waals surface area contributed by atoms with Crippen LogP contribution < -0.4 is 5.43 Å². The first-order valence-electron chi connectivity index (χ1n) is 13.7. The summed E-state index contributed by atoms with van der Waals surface area (Å²) in [6.07, 6.45) is -17.6. The van der Waals surface area contributed by atoms with E-state index in [2.05, 4.69) is 0 Å². The Kier molecular flexibility index (Phi) is 9.31. The third-order valence-electron chi connectivity index (χ3n) is 7.71. The number of benzene rings is 2. The number of aliphatic hydroxyl groups excluding tert-OH is 6. The minimum absolute atomic E-state index is 0.0669. The molecule has 244 valence electrons. The number of hydrogen-bond acceptors (Lipinski definition) is 16. The number of fused-ring (bicyclic) bond motifs is 1. The van der Waals surface area contributed by atoms with E-state index >= 15 is 0 Å². The molecule has 1 aromatic heterocycles. The zero-order valence-corrected chi connectivity index (χ0v) is 23.5. The highest BCUT2D eigenvalue weighted by atomic mass is 16.7. The van der Waals surface area contributed by atoms with Gasteiger partial charge in [-0.3, -0.25) is 9.59 Å². The van der Waals surface area contributed by atoms with E-state index < -0.39 is 108 Å². The van der Waals surface area contributed by atoms with Gasteiger partial charge < -0.3 is 69.3 Å². The predicted molar refractivity (Wildman–Crippen MR) is 148 cm³/mol. The topological polar surface area (TPSA) is 266 Å². The molecule has 45 heavy (non-hydrogen) atoms. The number of carbonyl (C=O) groups excluding carboxylic acids is 1. The van der Waals surface area contributed by atoms with Gasteiger partial charge in [0.1, 0.15) is 89.9 Å². The van der Waals surface area contributed by atoms with Gasteiger partial charge in [-0.1, -0.05) is 0 Å². The smallest absolute Gasteiger partial charge is 0.302 e. The largest absolute Gasteiger partial charge is 0.508 e. The van der Waals surface area contributed by atoms with Crippen LogP contribution in [0.3, 0.4) is 0 Å². The third-order valence-corrected chi connectivity index (χ3v) is 7.71. The lowest BCUT2D eigenvalue weighted by atomic mass is 9.89. The molecule has 2 aliphatic heterocycles. The highest BCUT2D eigenvalue weighted by Gasteiger charge is 2.52. The lowest BCUT2D eigenvalue weighted by molar-refractivity contribution is -0.342. The zero-order chi connectivity index (χ0) is 32.7. The summed E-state index contributed by atoms with van der Waals surface area (Å²) in [4.78, 5) is 24.5. The summed E-state index contributed by atoms with van der Waals surface area (Å²) in [7, 11) is 0. The molecule has 16 nitrogen and oxygen atoms in total. The van der Waals surface area contributed by atoms with Gasteiger partial charge in [-0.25, -0.2) is 0 Å². The number of phenols is 3. The van der Waals surface area contributed by atoms with Crippen LogP contribution in [0.4, 0.5) is 0 Å². The molecule has 16 heteroatoms. The van der Waals surface area contributed by atoms with Gasteiger partial charge in [-0.05, 0) is 24.3 Å². The van der Waals surface area contributed by atoms with Gasteiger partial charge in [-0.2, -0.15) is 0 Å². The summed E-state index contributed by atoms with van der Waals surface area (Å²) in [5, 5.41) is 94.1. The fourth-order valence-corrected chi connectivity index (χ4v) is 5.36. The number of esters is 1. The predicted octanol–water partition coefficient (Wildman–Crippen LogP) is -1.51. The number of rotatable bonds is 7. The summed E-state index contributed by atoms with van der Waals surface area (Å²) in [6, 6.07) is 7.38. The Morgan fingerprint density at radius 3 is 2.16 bits per heavy atom. The lowest BCUT2D eigenvalue weighted by Crippen LogP contribution is -2.63. The van der Waals surface area contributed by atoms with E-state index in [-0.39, 0.29) is 17.1 Å². The molecule has 0 spiro atoms. The van der Waals surface area contributed by atoms with Gasteiger partial charge >= 0.3 is 5.97 Å². The molecule has 9 N–H and O–H groups in total. The zero-order valence-electron chi connectivity index (χ0n) is 23.5. The highest BCUT2D eigenvalue weighted by Crippen LogP contribution is 2.45. The second kappa shape index (κ2) is 12.9. The van der Waals surface area contributed by atoms with Crippen LogP contribution in [0.2, 0.25) is 0 Å². The highest BCUT2D eigenvalue weighted by molar-refractivity contribution is 5.89. The van der Waals surface area contributed by atoms with Crippen LogP contribution in [0.1, 0.15) is 18.6 Å². The van der Waals surface area contributed by atoms with E-state index in [9.17, 15) is 55.5 Å². The number of carbonyl (C=O) groups is 1. The molecule has 0 saturated carbocycles. The maximum absolute atomic E-state index is 13.2. The number of ether oxygens (including phenoxy) is 4. The van der Waals surface area contributed by atoms with Crippen molar-refractivity contribution in [1.82, 2.24) is 0 Å². The molecule has 0 aliphatic carbocycles. The minimum atomic E-state index is -1.96. The standard InChI is InChI=1S/C29H32O16/c1-10(31)41-9-18-22(37)23(38)25(40)29(44-18)45-28-24(39)21(36)17(8-30)43-27(28)20-14(34)6-13(33)19-15(35)7-16(42-26(19)20)11-2-4-12(32)5-3-11/h2-7,17-18,21-25,27-30,32-34,36-40H,8-9H2,1H3. The summed E-state index contributed by atoms with van der Waals surface area (Å²) in [5.74, 6) is -2.28. The molecule has 0 bridgehead atoms. The molecule has 10 atom stereocenters. The fraction of sp³-hybridized carbons (Fsp3) is 0.448. The molecule has 2 aromatic carbocycles. The van der Waals surface area contributed by atoms with Crippen molar-refractivity contribution in [1.29, 1.82) is 0 Å². The minimum Gasteiger partial charge on any atom is -0.508 e. The van der Waals surface area contributed by atoms with Crippen molar-refractivity contribution in [2.75, 3.05) is 13.2 Å². The second-order valence-electron chi connectivity index (χ2n) is 10.7. The van der Waals surface area contributed by atoms with Crippen LogP contribution in [0.25, 0.3) is 22.3 Å². The second-order valence-corrected chi connectivity index (χ2v) is 10.7. The first-order chi connectivity index (χ1) is 21.3. The summed E-state index contributed by atoms with van der Waals surface area (Å²) in [5.41, 5.74) is -1.26. The van der Waals surface area contributed by atoms with Crippen LogP contribution in [0.5, 0.6) is 17.2 Å². The van der Waals surface area contributed by atoms with Crippen LogP contribution in [-0.2, 0) is 23.7 Å². The Labute approximate surface area is 253 Å². The summed E-state index contributed by atoms with van der Waals surface area (Å²) >= 11 is 0. The van der Waals surface area contributed by atoms with Crippen molar-refractivity contribution < 1.29 is 74.1 Å². The SMILES string of the molecule is CC(=O)OCC1OC(OC2C(c3c(O)cc(O)c4c(=O)cc(-c5ccc(O)cc5)oc34)OC(CO)C(O)C2O)C(O)C(O)C1O. The molecule has 2 fully saturated rings.